The number of hydrogen-bond acceptors (Lipinski definition) is 6. The Labute approximate surface area is 131 Å². The largest absolute Gasteiger partial charge is 0.411 e. The maximum absolute atomic E-state index is 11.5. The molecule has 1 aromatic heterocycles. The molecule has 0 atom stereocenters. The summed E-state index contributed by atoms with van der Waals surface area (Å²) in [6.45, 7) is 3.98. The highest BCUT2D eigenvalue weighted by Gasteiger charge is 2.12. The van der Waals surface area contributed by atoms with Crippen LogP contribution in [0, 0.1) is 13.8 Å². The zero-order valence-corrected chi connectivity index (χ0v) is 13.3. The highest BCUT2D eigenvalue weighted by molar-refractivity contribution is 7.99. The van der Waals surface area contributed by atoms with Gasteiger partial charge in [0.2, 0.25) is 11.8 Å². The molecule has 0 spiro atoms. The van der Waals surface area contributed by atoms with Crippen LogP contribution in [-0.4, -0.2) is 34.9 Å². The molecule has 0 radical (unpaired) electrons. The minimum absolute atomic E-state index is 0.0158. The zero-order valence-electron chi connectivity index (χ0n) is 12.5. The van der Waals surface area contributed by atoms with E-state index < -0.39 is 11.9 Å². The first-order valence-electron chi connectivity index (χ1n) is 6.54. The van der Waals surface area contributed by atoms with Crippen molar-refractivity contribution in [3.63, 3.8) is 0 Å². The predicted molar refractivity (Wildman–Crippen MR) is 82.5 cm³/mol. The van der Waals surface area contributed by atoms with Gasteiger partial charge in [-0.1, -0.05) is 29.0 Å². The number of imide groups is 1. The first kappa shape index (κ1) is 16.0. The molecule has 7 nitrogen and oxygen atoms in total. The van der Waals surface area contributed by atoms with Crippen molar-refractivity contribution in [1.82, 2.24) is 20.8 Å². The minimum atomic E-state index is -0.549. The molecule has 8 heteroatoms. The van der Waals surface area contributed by atoms with E-state index in [9.17, 15) is 9.59 Å². The van der Waals surface area contributed by atoms with Gasteiger partial charge in [0, 0.05) is 12.6 Å². The number of carbonyl (C=O) groups excluding carboxylic acids is 2. The fourth-order valence-electron chi connectivity index (χ4n) is 1.84. The van der Waals surface area contributed by atoms with E-state index in [-0.39, 0.29) is 11.0 Å². The SMILES string of the molecule is CNC(=O)NC(=O)CSc1nnc(-c2cc(C)cc(C)c2)o1. The third kappa shape index (κ3) is 4.32. The smallest absolute Gasteiger partial charge is 0.321 e. The van der Waals surface area contributed by atoms with E-state index in [0.717, 1.165) is 28.5 Å². The number of urea groups is 1. The van der Waals surface area contributed by atoms with Crippen molar-refractivity contribution >= 4 is 23.7 Å². The quantitative estimate of drug-likeness (QED) is 0.835. The first-order chi connectivity index (χ1) is 10.5. The van der Waals surface area contributed by atoms with Crippen molar-refractivity contribution < 1.29 is 14.0 Å². The van der Waals surface area contributed by atoms with Crippen molar-refractivity contribution in [2.75, 3.05) is 12.8 Å². The van der Waals surface area contributed by atoms with E-state index in [1.165, 1.54) is 7.05 Å². The van der Waals surface area contributed by atoms with Gasteiger partial charge in [-0.15, -0.1) is 10.2 Å². The summed E-state index contributed by atoms with van der Waals surface area (Å²) >= 11 is 1.07. The van der Waals surface area contributed by atoms with Crippen LogP contribution in [0.25, 0.3) is 11.5 Å². The molecule has 0 bridgehead atoms. The summed E-state index contributed by atoms with van der Waals surface area (Å²) in [5.41, 5.74) is 3.05. The van der Waals surface area contributed by atoms with Crippen LogP contribution in [0.4, 0.5) is 4.79 Å². The number of amides is 3. The summed E-state index contributed by atoms with van der Waals surface area (Å²) in [5.74, 6) is -0.0152. The first-order valence-corrected chi connectivity index (χ1v) is 7.53. The number of rotatable bonds is 4. The van der Waals surface area contributed by atoms with Gasteiger partial charge in [0.15, 0.2) is 0 Å². The monoisotopic (exact) mass is 320 g/mol. The van der Waals surface area contributed by atoms with Crippen LogP contribution >= 0.6 is 11.8 Å². The van der Waals surface area contributed by atoms with E-state index in [0.29, 0.717) is 5.89 Å². The molecule has 0 fully saturated rings. The molecule has 2 N–H and O–H groups in total. The second-order valence-corrected chi connectivity index (χ2v) is 5.59. The minimum Gasteiger partial charge on any atom is -0.411 e. The Morgan fingerprint density at radius 3 is 2.50 bits per heavy atom. The van der Waals surface area contributed by atoms with Gasteiger partial charge < -0.3 is 9.73 Å². The van der Waals surface area contributed by atoms with Crippen LogP contribution in [-0.2, 0) is 4.79 Å². The summed E-state index contributed by atoms with van der Waals surface area (Å²) < 4.78 is 5.52. The lowest BCUT2D eigenvalue weighted by Gasteiger charge is -2.01. The van der Waals surface area contributed by atoms with Gasteiger partial charge in [-0.05, 0) is 26.0 Å². The maximum Gasteiger partial charge on any atom is 0.321 e. The van der Waals surface area contributed by atoms with Crippen LogP contribution < -0.4 is 10.6 Å². The Hall–Kier alpha value is -2.35. The molecule has 3 amide bonds. The van der Waals surface area contributed by atoms with Crippen molar-refractivity contribution in [1.29, 1.82) is 0 Å². The van der Waals surface area contributed by atoms with E-state index in [1.807, 2.05) is 26.0 Å². The van der Waals surface area contributed by atoms with Crippen molar-refractivity contribution in [3.05, 3.63) is 29.3 Å². The molecule has 0 unspecified atom stereocenters. The Kier molecular flexibility index (Phi) is 5.16. The van der Waals surface area contributed by atoms with Crippen LogP contribution in [0.1, 0.15) is 11.1 Å². The molecule has 22 heavy (non-hydrogen) atoms. The highest BCUT2D eigenvalue weighted by Crippen LogP contribution is 2.24. The number of nitrogens with zero attached hydrogens (tertiary/aromatic N) is 2. The number of thioether (sulfide) groups is 1. The molecule has 1 aromatic carbocycles. The second-order valence-electron chi connectivity index (χ2n) is 4.67. The van der Waals surface area contributed by atoms with E-state index >= 15 is 0 Å². The zero-order chi connectivity index (χ0) is 16.1. The summed E-state index contributed by atoms with van der Waals surface area (Å²) in [4.78, 5) is 22.5. The molecule has 0 saturated carbocycles. The van der Waals surface area contributed by atoms with Gasteiger partial charge in [0.25, 0.3) is 5.22 Å². The summed E-state index contributed by atoms with van der Waals surface area (Å²) in [7, 11) is 1.43. The number of aromatic nitrogens is 2. The Bertz CT molecular complexity index is 679. The molecule has 0 aliphatic rings. The van der Waals surface area contributed by atoms with Gasteiger partial charge in [0.05, 0.1) is 5.75 Å². The number of benzene rings is 1. The average Bonchev–Trinajstić information content (AvgIpc) is 2.93. The lowest BCUT2D eigenvalue weighted by Crippen LogP contribution is -2.38. The fraction of sp³-hybridized carbons (Fsp3) is 0.286. The number of hydrogen-bond donors (Lipinski definition) is 2. The maximum atomic E-state index is 11.5. The van der Waals surface area contributed by atoms with Crippen LogP contribution in [0.2, 0.25) is 0 Å². The number of aryl methyl sites for hydroxylation is 2. The topological polar surface area (TPSA) is 97.1 Å². The van der Waals surface area contributed by atoms with E-state index in [4.69, 9.17) is 4.42 Å². The standard InChI is InChI=1S/C14H16N4O3S/c1-8-4-9(2)6-10(5-8)12-17-18-14(21-12)22-7-11(19)16-13(20)15-3/h4-6H,7H2,1-3H3,(H2,15,16,19,20). The molecule has 0 aliphatic carbocycles. The third-order valence-corrected chi connectivity index (χ3v) is 3.50. The third-order valence-electron chi connectivity index (χ3n) is 2.68. The summed E-state index contributed by atoms with van der Waals surface area (Å²) in [5, 5.41) is 12.6. The lowest BCUT2D eigenvalue weighted by molar-refractivity contribution is -0.117. The molecule has 0 aliphatic heterocycles. The van der Waals surface area contributed by atoms with Crippen LogP contribution in [0.3, 0.4) is 0 Å². The summed E-state index contributed by atoms with van der Waals surface area (Å²) in [6, 6.07) is 5.41. The molecule has 2 rings (SSSR count). The molecule has 116 valence electrons. The van der Waals surface area contributed by atoms with Crippen molar-refractivity contribution in [3.8, 4) is 11.5 Å². The van der Waals surface area contributed by atoms with E-state index in [2.05, 4.69) is 26.9 Å². The molecular weight excluding hydrogens is 304 g/mol. The Balaban J connectivity index is 1.99. The van der Waals surface area contributed by atoms with Gasteiger partial charge in [-0.25, -0.2) is 4.79 Å². The van der Waals surface area contributed by atoms with E-state index in [1.54, 1.807) is 0 Å². The Morgan fingerprint density at radius 1 is 1.18 bits per heavy atom. The number of nitrogens with one attached hydrogen (secondary N) is 2. The molecule has 0 saturated heterocycles. The number of carbonyl (C=O) groups is 2. The van der Waals surface area contributed by atoms with Crippen LogP contribution in [0.15, 0.2) is 27.8 Å². The lowest BCUT2D eigenvalue weighted by atomic mass is 10.1. The Morgan fingerprint density at radius 2 is 1.86 bits per heavy atom. The van der Waals surface area contributed by atoms with Gasteiger partial charge in [0.1, 0.15) is 0 Å². The van der Waals surface area contributed by atoms with Crippen molar-refractivity contribution in [2.24, 2.45) is 0 Å². The molecule has 2 aromatic rings. The van der Waals surface area contributed by atoms with Crippen LogP contribution in [0.5, 0.6) is 0 Å². The van der Waals surface area contributed by atoms with Gasteiger partial charge in [-0.3, -0.25) is 10.1 Å². The summed E-state index contributed by atoms with van der Waals surface area (Å²) in [6.07, 6.45) is 0. The van der Waals surface area contributed by atoms with Crippen molar-refractivity contribution in [2.45, 2.75) is 19.1 Å². The molecular formula is C14H16N4O3S. The highest BCUT2D eigenvalue weighted by atomic mass is 32.2. The average molecular weight is 320 g/mol. The van der Waals surface area contributed by atoms with Gasteiger partial charge in [-0.2, -0.15) is 0 Å². The predicted octanol–water partition coefficient (Wildman–Crippen LogP) is 1.90. The van der Waals surface area contributed by atoms with Gasteiger partial charge >= 0.3 is 6.03 Å². The molecule has 1 heterocycles. The fourth-order valence-corrected chi connectivity index (χ4v) is 2.40. The normalized spacial score (nSPS) is 10.3. The second kappa shape index (κ2) is 7.08.